The second kappa shape index (κ2) is 6.12. The molecular weight excluding hydrogens is 294 g/mol. The van der Waals surface area contributed by atoms with Crippen LogP contribution in [-0.4, -0.2) is 31.0 Å². The summed E-state index contributed by atoms with van der Waals surface area (Å²) in [5.41, 5.74) is 0.461. The molecule has 1 saturated carbocycles. The quantitative estimate of drug-likeness (QED) is 0.894. The molecule has 0 aromatic heterocycles. The molecule has 2 aliphatic rings. The van der Waals surface area contributed by atoms with Crippen LogP contribution in [0.4, 0.5) is 0 Å². The number of aliphatic hydroxyl groups is 1. The van der Waals surface area contributed by atoms with Gasteiger partial charge < -0.3 is 19.9 Å². The number of halogens is 1. The van der Waals surface area contributed by atoms with Crippen molar-refractivity contribution in [3.63, 3.8) is 0 Å². The highest BCUT2D eigenvalue weighted by Crippen LogP contribution is 2.39. The second-order valence-corrected chi connectivity index (χ2v) is 5.94. The monoisotopic (exact) mass is 311 g/mol. The smallest absolute Gasteiger partial charge is 0.251 e. The lowest BCUT2D eigenvalue weighted by atomic mass is 9.97. The Bertz CT molecular complexity index is 549. The van der Waals surface area contributed by atoms with Crippen molar-refractivity contribution in [3.8, 4) is 11.5 Å². The van der Waals surface area contributed by atoms with Gasteiger partial charge in [0.2, 0.25) is 6.79 Å². The molecule has 114 valence electrons. The highest BCUT2D eigenvalue weighted by molar-refractivity contribution is 6.32. The maximum Gasteiger partial charge on any atom is 0.251 e. The van der Waals surface area contributed by atoms with Gasteiger partial charge in [0.1, 0.15) is 0 Å². The number of benzene rings is 1. The molecule has 2 N–H and O–H groups in total. The Balaban J connectivity index is 1.65. The molecule has 5 nitrogen and oxygen atoms in total. The van der Waals surface area contributed by atoms with Gasteiger partial charge in [-0.2, -0.15) is 0 Å². The van der Waals surface area contributed by atoms with Gasteiger partial charge in [-0.25, -0.2) is 0 Å². The first-order chi connectivity index (χ1) is 10.2. The van der Waals surface area contributed by atoms with Crippen LogP contribution < -0.4 is 14.8 Å². The number of hydrogen-bond acceptors (Lipinski definition) is 4. The number of carbonyl (C=O) groups is 1. The van der Waals surface area contributed by atoms with Gasteiger partial charge in [0.15, 0.2) is 11.5 Å². The molecule has 1 aromatic carbocycles. The predicted molar refractivity (Wildman–Crippen MR) is 77.8 cm³/mol. The molecule has 21 heavy (non-hydrogen) atoms. The standard InChI is InChI=1S/C15H18ClNO4/c16-12-4-11(5-13-14(12)21-8-20-13)15(19)17-6-9-2-1-3-10(9)7-18/h4-5,9-10,18H,1-3,6-8H2,(H,17,19). The molecule has 1 fully saturated rings. The Labute approximate surface area is 128 Å². The molecule has 0 saturated heterocycles. The fourth-order valence-electron chi connectivity index (χ4n) is 3.05. The number of aliphatic hydroxyl groups excluding tert-OH is 1. The lowest BCUT2D eigenvalue weighted by Crippen LogP contribution is -2.31. The zero-order valence-electron chi connectivity index (χ0n) is 11.6. The van der Waals surface area contributed by atoms with Gasteiger partial charge >= 0.3 is 0 Å². The van der Waals surface area contributed by atoms with E-state index in [4.69, 9.17) is 21.1 Å². The summed E-state index contributed by atoms with van der Waals surface area (Å²) in [4.78, 5) is 12.2. The van der Waals surface area contributed by atoms with Gasteiger partial charge in [-0.1, -0.05) is 18.0 Å². The van der Waals surface area contributed by atoms with E-state index >= 15 is 0 Å². The fourth-order valence-corrected chi connectivity index (χ4v) is 3.31. The van der Waals surface area contributed by atoms with Gasteiger partial charge in [0.25, 0.3) is 5.91 Å². The van der Waals surface area contributed by atoms with Crippen LogP contribution >= 0.6 is 11.6 Å². The summed E-state index contributed by atoms with van der Waals surface area (Å²) in [7, 11) is 0. The van der Waals surface area contributed by atoms with Crippen LogP contribution in [0.3, 0.4) is 0 Å². The van der Waals surface area contributed by atoms with E-state index in [0.29, 0.717) is 40.5 Å². The summed E-state index contributed by atoms with van der Waals surface area (Å²) in [5.74, 6) is 1.46. The predicted octanol–water partition coefficient (Wildman–Crippen LogP) is 2.21. The van der Waals surface area contributed by atoms with Crippen molar-refractivity contribution in [2.75, 3.05) is 19.9 Å². The minimum Gasteiger partial charge on any atom is -0.454 e. The average molecular weight is 312 g/mol. The maximum absolute atomic E-state index is 12.2. The molecule has 0 radical (unpaired) electrons. The zero-order chi connectivity index (χ0) is 14.8. The highest BCUT2D eigenvalue weighted by Gasteiger charge is 2.27. The Morgan fingerprint density at radius 3 is 2.95 bits per heavy atom. The summed E-state index contributed by atoms with van der Waals surface area (Å²) < 4.78 is 10.5. The molecule has 1 heterocycles. The molecule has 2 unspecified atom stereocenters. The van der Waals surface area contributed by atoms with Crippen LogP contribution in [-0.2, 0) is 0 Å². The van der Waals surface area contributed by atoms with Crippen molar-refractivity contribution in [3.05, 3.63) is 22.7 Å². The molecule has 1 aliphatic heterocycles. The van der Waals surface area contributed by atoms with Gasteiger partial charge in [-0.15, -0.1) is 0 Å². The first-order valence-corrected chi connectivity index (χ1v) is 7.55. The Hall–Kier alpha value is -1.46. The highest BCUT2D eigenvalue weighted by atomic mass is 35.5. The number of fused-ring (bicyclic) bond motifs is 1. The molecule has 0 spiro atoms. The third kappa shape index (κ3) is 2.94. The van der Waals surface area contributed by atoms with Crippen molar-refractivity contribution in [2.24, 2.45) is 11.8 Å². The number of ether oxygens (including phenoxy) is 2. The third-order valence-corrected chi connectivity index (χ3v) is 4.55. The SMILES string of the molecule is O=C(NCC1CCCC1CO)c1cc(Cl)c2c(c1)OCO2. The number of rotatable bonds is 4. The van der Waals surface area contributed by atoms with Crippen LogP contribution in [0.1, 0.15) is 29.6 Å². The lowest BCUT2D eigenvalue weighted by molar-refractivity contribution is 0.0937. The van der Waals surface area contributed by atoms with E-state index in [0.717, 1.165) is 19.3 Å². The van der Waals surface area contributed by atoms with Crippen molar-refractivity contribution >= 4 is 17.5 Å². The summed E-state index contributed by atoms with van der Waals surface area (Å²) in [6.45, 7) is 0.896. The molecule has 1 amide bonds. The molecule has 2 atom stereocenters. The zero-order valence-corrected chi connectivity index (χ0v) is 12.4. The Morgan fingerprint density at radius 1 is 1.33 bits per heavy atom. The van der Waals surface area contributed by atoms with E-state index in [1.54, 1.807) is 12.1 Å². The number of nitrogens with one attached hydrogen (secondary N) is 1. The van der Waals surface area contributed by atoms with E-state index in [-0.39, 0.29) is 19.3 Å². The van der Waals surface area contributed by atoms with Crippen LogP contribution in [0.5, 0.6) is 11.5 Å². The van der Waals surface area contributed by atoms with Crippen molar-refractivity contribution < 1.29 is 19.4 Å². The summed E-state index contributed by atoms with van der Waals surface area (Å²) in [6, 6.07) is 3.23. The van der Waals surface area contributed by atoms with Crippen LogP contribution in [0.2, 0.25) is 5.02 Å². The topological polar surface area (TPSA) is 67.8 Å². The first-order valence-electron chi connectivity index (χ1n) is 7.17. The molecule has 1 aromatic rings. The van der Waals surface area contributed by atoms with Crippen molar-refractivity contribution in [2.45, 2.75) is 19.3 Å². The second-order valence-electron chi connectivity index (χ2n) is 5.54. The largest absolute Gasteiger partial charge is 0.454 e. The first kappa shape index (κ1) is 14.5. The minimum atomic E-state index is -0.182. The summed E-state index contributed by atoms with van der Waals surface area (Å²) in [5, 5.41) is 12.6. The third-order valence-electron chi connectivity index (χ3n) is 4.27. The molecule has 1 aliphatic carbocycles. The van der Waals surface area contributed by atoms with Crippen LogP contribution in [0.25, 0.3) is 0 Å². The Kier molecular flexibility index (Phi) is 4.22. The summed E-state index contributed by atoms with van der Waals surface area (Å²) >= 11 is 6.07. The van der Waals surface area contributed by atoms with Crippen molar-refractivity contribution in [1.82, 2.24) is 5.32 Å². The number of carbonyl (C=O) groups excluding carboxylic acids is 1. The molecule has 0 bridgehead atoms. The van der Waals surface area contributed by atoms with Crippen LogP contribution in [0.15, 0.2) is 12.1 Å². The molecule has 6 heteroatoms. The van der Waals surface area contributed by atoms with Crippen molar-refractivity contribution in [1.29, 1.82) is 0 Å². The summed E-state index contributed by atoms with van der Waals surface area (Å²) in [6.07, 6.45) is 3.20. The van der Waals surface area contributed by atoms with Gasteiger partial charge in [-0.05, 0) is 36.8 Å². The average Bonchev–Trinajstić information content (AvgIpc) is 3.12. The molecule has 3 rings (SSSR count). The van der Waals surface area contributed by atoms with Gasteiger partial charge in [0, 0.05) is 18.7 Å². The van der Waals surface area contributed by atoms with E-state index in [9.17, 15) is 9.90 Å². The van der Waals surface area contributed by atoms with Crippen LogP contribution in [0, 0.1) is 11.8 Å². The van der Waals surface area contributed by atoms with E-state index in [1.807, 2.05) is 0 Å². The number of amides is 1. The lowest BCUT2D eigenvalue weighted by Gasteiger charge is -2.17. The molecular formula is C15H18ClNO4. The van der Waals surface area contributed by atoms with E-state index in [1.165, 1.54) is 0 Å². The van der Waals surface area contributed by atoms with E-state index < -0.39 is 0 Å². The van der Waals surface area contributed by atoms with E-state index in [2.05, 4.69) is 5.32 Å². The normalized spacial score (nSPS) is 23.3. The fraction of sp³-hybridized carbons (Fsp3) is 0.533. The van der Waals surface area contributed by atoms with Gasteiger partial charge in [0.05, 0.1) is 5.02 Å². The Morgan fingerprint density at radius 2 is 2.14 bits per heavy atom. The minimum absolute atomic E-state index is 0.125. The number of hydrogen-bond donors (Lipinski definition) is 2. The van der Waals surface area contributed by atoms with Gasteiger partial charge in [-0.3, -0.25) is 4.79 Å². The maximum atomic E-state index is 12.2.